The Balaban J connectivity index is 1.41. The normalized spacial score (nSPS) is 21.5. The van der Waals surface area contributed by atoms with Crippen LogP contribution in [0.4, 0.5) is 0 Å². The van der Waals surface area contributed by atoms with Crippen molar-refractivity contribution in [3.63, 3.8) is 0 Å². The van der Waals surface area contributed by atoms with Gasteiger partial charge in [-0.3, -0.25) is 14.5 Å². The Morgan fingerprint density at radius 1 is 1.07 bits per heavy atom. The van der Waals surface area contributed by atoms with Crippen LogP contribution in [0.15, 0.2) is 30.3 Å². The lowest BCUT2D eigenvalue weighted by molar-refractivity contribution is -0.133. The Kier molecular flexibility index (Phi) is 7.86. The van der Waals surface area contributed by atoms with Crippen LogP contribution in [-0.4, -0.2) is 72.1 Å². The molecule has 0 aliphatic carbocycles. The first-order valence-corrected chi connectivity index (χ1v) is 10.6. The van der Waals surface area contributed by atoms with Crippen LogP contribution in [0, 0.1) is 5.92 Å². The average Bonchev–Trinajstić information content (AvgIpc) is 2.75. The molecule has 0 aromatic heterocycles. The molecule has 6 heteroatoms. The zero-order chi connectivity index (χ0) is 19.8. The van der Waals surface area contributed by atoms with E-state index in [2.05, 4.69) is 22.3 Å². The van der Waals surface area contributed by atoms with Crippen molar-refractivity contribution in [2.45, 2.75) is 44.6 Å². The van der Waals surface area contributed by atoms with E-state index in [9.17, 15) is 9.59 Å². The van der Waals surface area contributed by atoms with Crippen LogP contribution in [0.1, 0.15) is 37.7 Å². The molecule has 2 fully saturated rings. The maximum absolute atomic E-state index is 12.6. The predicted octanol–water partition coefficient (Wildman–Crippen LogP) is 1.43. The molecule has 2 saturated heterocycles. The molecule has 1 aromatic rings. The maximum Gasteiger partial charge on any atom is 0.224 e. The number of likely N-dealkylation sites (tertiary alicyclic amines) is 2. The highest BCUT2D eigenvalue weighted by Crippen LogP contribution is 2.24. The zero-order valence-corrected chi connectivity index (χ0v) is 16.7. The van der Waals surface area contributed by atoms with Gasteiger partial charge in [-0.05, 0) is 44.2 Å². The van der Waals surface area contributed by atoms with Crippen molar-refractivity contribution in [2.75, 3.05) is 39.3 Å². The Hall–Kier alpha value is -1.92. The highest BCUT2D eigenvalue weighted by atomic mass is 16.3. The first-order valence-electron chi connectivity index (χ1n) is 10.6. The summed E-state index contributed by atoms with van der Waals surface area (Å²) in [4.78, 5) is 28.9. The number of hydrogen-bond donors (Lipinski definition) is 2. The number of amides is 2. The molecule has 1 aromatic carbocycles. The second kappa shape index (κ2) is 10.6. The lowest BCUT2D eigenvalue weighted by Crippen LogP contribution is -2.51. The highest BCUT2D eigenvalue weighted by molar-refractivity contribution is 5.79. The molecule has 154 valence electrons. The molecular formula is C22H33N3O3. The standard InChI is InChI=1S/C22H33N3O3/c26-16-11-21(27)24-14-9-20(10-15-24)25-13-4-7-19(17-25)22(28)23-12-8-18-5-2-1-3-6-18/h1-3,5-6,19-20,26H,4,7-17H2,(H,23,28)/t19-/m0/s1. The molecule has 2 heterocycles. The van der Waals surface area contributed by atoms with E-state index in [-0.39, 0.29) is 30.8 Å². The second-order valence-electron chi connectivity index (χ2n) is 7.95. The Morgan fingerprint density at radius 2 is 1.82 bits per heavy atom. The minimum atomic E-state index is -0.0774. The van der Waals surface area contributed by atoms with Gasteiger partial charge in [0, 0.05) is 38.6 Å². The topological polar surface area (TPSA) is 72.9 Å². The van der Waals surface area contributed by atoms with Crippen molar-refractivity contribution in [2.24, 2.45) is 5.92 Å². The molecule has 2 N–H and O–H groups in total. The number of benzene rings is 1. The molecular weight excluding hydrogens is 354 g/mol. The number of nitrogens with one attached hydrogen (secondary N) is 1. The molecule has 28 heavy (non-hydrogen) atoms. The van der Waals surface area contributed by atoms with Crippen LogP contribution < -0.4 is 5.32 Å². The van der Waals surface area contributed by atoms with Crippen LogP contribution in [0.25, 0.3) is 0 Å². The summed E-state index contributed by atoms with van der Waals surface area (Å²) >= 11 is 0. The highest BCUT2D eigenvalue weighted by Gasteiger charge is 2.32. The summed E-state index contributed by atoms with van der Waals surface area (Å²) in [5, 5.41) is 12.1. The first kappa shape index (κ1) is 20.8. The van der Waals surface area contributed by atoms with E-state index in [0.29, 0.717) is 12.6 Å². The van der Waals surface area contributed by atoms with Gasteiger partial charge in [-0.2, -0.15) is 0 Å². The van der Waals surface area contributed by atoms with Gasteiger partial charge in [0.15, 0.2) is 0 Å². The third kappa shape index (κ3) is 5.79. The van der Waals surface area contributed by atoms with E-state index in [1.807, 2.05) is 23.1 Å². The second-order valence-corrected chi connectivity index (χ2v) is 7.95. The minimum absolute atomic E-state index is 0.0512. The molecule has 0 saturated carbocycles. The van der Waals surface area contributed by atoms with Crippen LogP contribution in [0.3, 0.4) is 0 Å². The fraction of sp³-hybridized carbons (Fsp3) is 0.636. The number of nitrogens with zero attached hydrogens (tertiary/aromatic N) is 2. The molecule has 2 aliphatic heterocycles. The monoisotopic (exact) mass is 387 g/mol. The van der Waals surface area contributed by atoms with Gasteiger partial charge in [-0.15, -0.1) is 0 Å². The van der Waals surface area contributed by atoms with Crippen molar-refractivity contribution in [3.05, 3.63) is 35.9 Å². The molecule has 1 atom stereocenters. The van der Waals surface area contributed by atoms with Crippen LogP contribution in [0.2, 0.25) is 0 Å². The zero-order valence-electron chi connectivity index (χ0n) is 16.7. The number of carbonyl (C=O) groups is 2. The van der Waals surface area contributed by atoms with Crippen LogP contribution in [-0.2, 0) is 16.0 Å². The van der Waals surface area contributed by atoms with E-state index in [4.69, 9.17) is 5.11 Å². The summed E-state index contributed by atoms with van der Waals surface area (Å²) in [6, 6.07) is 10.7. The molecule has 0 bridgehead atoms. The van der Waals surface area contributed by atoms with Gasteiger partial charge in [-0.25, -0.2) is 0 Å². The number of aliphatic hydroxyl groups is 1. The summed E-state index contributed by atoms with van der Waals surface area (Å²) in [6.07, 6.45) is 5.02. The van der Waals surface area contributed by atoms with E-state index >= 15 is 0 Å². The van der Waals surface area contributed by atoms with E-state index in [0.717, 1.165) is 58.3 Å². The molecule has 6 nitrogen and oxygen atoms in total. The fourth-order valence-electron chi connectivity index (χ4n) is 4.41. The number of piperidine rings is 2. The van der Waals surface area contributed by atoms with E-state index in [1.165, 1.54) is 5.56 Å². The van der Waals surface area contributed by atoms with Gasteiger partial charge < -0.3 is 15.3 Å². The third-order valence-corrected chi connectivity index (χ3v) is 6.04. The molecule has 2 aliphatic rings. The lowest BCUT2D eigenvalue weighted by atomic mass is 9.93. The van der Waals surface area contributed by atoms with Crippen molar-refractivity contribution in [1.82, 2.24) is 15.1 Å². The fourth-order valence-corrected chi connectivity index (χ4v) is 4.41. The van der Waals surface area contributed by atoms with Gasteiger partial charge in [0.25, 0.3) is 0 Å². The van der Waals surface area contributed by atoms with E-state index in [1.54, 1.807) is 0 Å². The first-order chi connectivity index (χ1) is 13.7. The predicted molar refractivity (Wildman–Crippen MR) is 109 cm³/mol. The van der Waals surface area contributed by atoms with E-state index < -0.39 is 0 Å². The minimum Gasteiger partial charge on any atom is -0.396 e. The number of rotatable bonds is 7. The van der Waals surface area contributed by atoms with Gasteiger partial charge in [0.2, 0.25) is 11.8 Å². The summed E-state index contributed by atoms with van der Waals surface area (Å²) in [5.41, 5.74) is 1.25. The quantitative estimate of drug-likeness (QED) is 0.742. The Labute approximate surface area is 167 Å². The largest absolute Gasteiger partial charge is 0.396 e. The molecule has 0 radical (unpaired) electrons. The maximum atomic E-state index is 12.6. The van der Waals surface area contributed by atoms with Gasteiger partial charge >= 0.3 is 0 Å². The van der Waals surface area contributed by atoms with Crippen molar-refractivity contribution in [3.8, 4) is 0 Å². The van der Waals surface area contributed by atoms with Crippen LogP contribution in [0.5, 0.6) is 0 Å². The summed E-state index contributed by atoms with van der Waals surface area (Å²) in [6.45, 7) is 3.99. The number of aliphatic hydroxyl groups excluding tert-OH is 1. The van der Waals surface area contributed by atoms with Gasteiger partial charge in [0.05, 0.1) is 12.5 Å². The Morgan fingerprint density at radius 3 is 2.54 bits per heavy atom. The molecule has 0 unspecified atom stereocenters. The third-order valence-electron chi connectivity index (χ3n) is 6.04. The lowest BCUT2D eigenvalue weighted by Gasteiger charge is -2.42. The van der Waals surface area contributed by atoms with Crippen molar-refractivity contribution < 1.29 is 14.7 Å². The number of hydrogen-bond acceptors (Lipinski definition) is 4. The average molecular weight is 388 g/mol. The molecule has 0 spiro atoms. The van der Waals surface area contributed by atoms with Gasteiger partial charge in [0.1, 0.15) is 0 Å². The van der Waals surface area contributed by atoms with Crippen molar-refractivity contribution >= 4 is 11.8 Å². The van der Waals surface area contributed by atoms with Crippen LogP contribution >= 0.6 is 0 Å². The molecule has 3 rings (SSSR count). The smallest absolute Gasteiger partial charge is 0.224 e. The number of carbonyl (C=O) groups excluding carboxylic acids is 2. The summed E-state index contributed by atoms with van der Waals surface area (Å²) in [7, 11) is 0. The SMILES string of the molecule is O=C(NCCc1ccccc1)[C@H]1CCCN(C2CCN(C(=O)CCO)CC2)C1. The summed E-state index contributed by atoms with van der Waals surface area (Å²) in [5.74, 6) is 0.296. The molecule has 2 amide bonds. The Bertz CT molecular complexity index is 629. The summed E-state index contributed by atoms with van der Waals surface area (Å²) < 4.78 is 0. The van der Waals surface area contributed by atoms with Crippen molar-refractivity contribution in [1.29, 1.82) is 0 Å². The van der Waals surface area contributed by atoms with Gasteiger partial charge in [-0.1, -0.05) is 30.3 Å².